The summed E-state index contributed by atoms with van der Waals surface area (Å²) in [7, 11) is 1.49. The first-order valence-electron chi connectivity index (χ1n) is 7.13. The molecule has 114 valence electrons. The van der Waals surface area contributed by atoms with Gasteiger partial charge in [0.2, 0.25) is 0 Å². The van der Waals surface area contributed by atoms with Crippen molar-refractivity contribution in [3.05, 3.63) is 28.3 Å². The molecular formula is C17H14Cl2O3. The number of benzene rings is 1. The Kier molecular flexibility index (Phi) is 4.16. The van der Waals surface area contributed by atoms with Gasteiger partial charge >= 0.3 is 0 Å². The smallest absolute Gasteiger partial charge is 0.151 e. The number of fused-ring (bicyclic) bond motifs is 2. The van der Waals surface area contributed by atoms with Crippen LogP contribution in [-0.4, -0.2) is 18.7 Å². The van der Waals surface area contributed by atoms with Crippen LogP contribution < -0.4 is 4.74 Å². The Morgan fingerprint density at radius 3 is 2.36 bits per heavy atom. The molecule has 2 unspecified atom stereocenters. The number of carbonyl (C=O) groups excluding carboxylic acids is 2. The van der Waals surface area contributed by atoms with Crippen LogP contribution in [0, 0.1) is 23.1 Å². The molecule has 2 fully saturated rings. The molecule has 0 amide bonds. The van der Waals surface area contributed by atoms with Gasteiger partial charge in [-0.25, -0.2) is 0 Å². The molecule has 2 aliphatic rings. The van der Waals surface area contributed by atoms with Crippen LogP contribution in [0.4, 0.5) is 0 Å². The molecule has 0 aromatic heterocycles. The van der Waals surface area contributed by atoms with E-state index in [1.807, 2.05) is 0 Å². The Balaban J connectivity index is 2.12. The molecule has 0 heterocycles. The molecule has 2 aliphatic carbocycles. The summed E-state index contributed by atoms with van der Waals surface area (Å²) in [5.74, 6) is 2.16. The van der Waals surface area contributed by atoms with Gasteiger partial charge in [0.1, 0.15) is 11.7 Å². The zero-order valence-corrected chi connectivity index (χ0v) is 13.5. The second kappa shape index (κ2) is 5.95. The molecule has 2 saturated carbocycles. The number of carbonyl (C=O) groups is 2. The molecule has 0 saturated heterocycles. The van der Waals surface area contributed by atoms with E-state index in [4.69, 9.17) is 27.9 Å². The van der Waals surface area contributed by atoms with Crippen LogP contribution in [0.15, 0.2) is 12.1 Å². The highest BCUT2D eigenvalue weighted by atomic mass is 35.5. The van der Waals surface area contributed by atoms with Crippen LogP contribution in [0.3, 0.4) is 0 Å². The summed E-state index contributed by atoms with van der Waals surface area (Å²) >= 11 is 11.7. The van der Waals surface area contributed by atoms with Crippen LogP contribution in [0.1, 0.15) is 36.3 Å². The van der Waals surface area contributed by atoms with Crippen LogP contribution in [0.25, 0.3) is 0 Å². The lowest BCUT2D eigenvalue weighted by Crippen LogP contribution is -2.35. The lowest BCUT2D eigenvalue weighted by atomic mass is 9.75. The van der Waals surface area contributed by atoms with Crippen LogP contribution in [-0.2, 0) is 9.59 Å². The summed E-state index contributed by atoms with van der Waals surface area (Å²) in [4.78, 5) is 25.3. The third-order valence-electron chi connectivity index (χ3n) is 4.60. The van der Waals surface area contributed by atoms with E-state index in [-0.39, 0.29) is 23.4 Å². The quantitative estimate of drug-likeness (QED) is 0.612. The molecular weight excluding hydrogens is 323 g/mol. The Hall–Kier alpha value is -1.50. The maximum absolute atomic E-state index is 12.6. The summed E-state index contributed by atoms with van der Waals surface area (Å²) in [6.07, 6.45) is 2.27. The van der Waals surface area contributed by atoms with Gasteiger partial charge < -0.3 is 4.74 Å². The van der Waals surface area contributed by atoms with E-state index in [0.717, 1.165) is 12.8 Å². The standard InChI is InChI=1S/C17H14Cl2O3/c1-22-13-7-9(4-5-18)6-12(19)14(13)15-16(20)10-2-3-11(8-10)17(15)21/h6-7,10-11,15H,2-3,8H2,1H3. The van der Waals surface area contributed by atoms with E-state index >= 15 is 0 Å². The number of halogens is 2. The van der Waals surface area contributed by atoms with Crippen molar-refractivity contribution in [2.45, 2.75) is 25.2 Å². The number of hydrogen-bond donors (Lipinski definition) is 0. The maximum atomic E-state index is 12.6. The largest absolute Gasteiger partial charge is 0.496 e. The number of rotatable bonds is 2. The topological polar surface area (TPSA) is 43.4 Å². The fourth-order valence-corrected chi connectivity index (χ4v) is 3.99. The zero-order valence-electron chi connectivity index (χ0n) is 12.0. The molecule has 0 radical (unpaired) electrons. The van der Waals surface area contributed by atoms with Crippen molar-refractivity contribution in [2.75, 3.05) is 7.11 Å². The highest BCUT2D eigenvalue weighted by molar-refractivity contribution is 6.33. The molecule has 3 nitrogen and oxygen atoms in total. The number of Topliss-reactive ketones (excluding diaryl/α,β-unsaturated/α-hetero) is 2. The Morgan fingerprint density at radius 2 is 1.82 bits per heavy atom. The predicted octanol–water partition coefficient (Wildman–Crippen LogP) is 3.55. The van der Waals surface area contributed by atoms with Crippen molar-refractivity contribution in [2.24, 2.45) is 11.8 Å². The van der Waals surface area contributed by atoms with Gasteiger partial charge in [0.25, 0.3) is 0 Å². The molecule has 2 atom stereocenters. The van der Waals surface area contributed by atoms with Gasteiger partial charge in [0.15, 0.2) is 11.6 Å². The van der Waals surface area contributed by atoms with Crippen LogP contribution in [0.5, 0.6) is 5.75 Å². The van der Waals surface area contributed by atoms with E-state index in [0.29, 0.717) is 28.3 Å². The number of ketones is 2. The van der Waals surface area contributed by atoms with Gasteiger partial charge in [-0.3, -0.25) is 9.59 Å². The third-order valence-corrected chi connectivity index (χ3v) is 5.01. The van der Waals surface area contributed by atoms with Crippen molar-refractivity contribution in [3.63, 3.8) is 0 Å². The molecule has 1 aromatic carbocycles. The Morgan fingerprint density at radius 1 is 1.18 bits per heavy atom. The average molecular weight is 337 g/mol. The molecule has 3 rings (SSSR count). The van der Waals surface area contributed by atoms with Crippen molar-refractivity contribution in [1.29, 1.82) is 0 Å². The molecule has 2 bridgehead atoms. The second-order valence-electron chi connectivity index (χ2n) is 5.74. The van der Waals surface area contributed by atoms with Crippen LogP contribution in [0.2, 0.25) is 5.02 Å². The molecule has 0 aliphatic heterocycles. The SMILES string of the molecule is COc1cc(C#CCl)cc(Cl)c1C1C(=O)C2CCC(C2)C1=O. The minimum atomic E-state index is -0.813. The minimum Gasteiger partial charge on any atom is -0.496 e. The van der Waals surface area contributed by atoms with E-state index in [2.05, 4.69) is 11.3 Å². The van der Waals surface area contributed by atoms with E-state index < -0.39 is 5.92 Å². The van der Waals surface area contributed by atoms with E-state index in [1.54, 1.807) is 12.1 Å². The molecule has 1 aromatic rings. The fraction of sp³-hybridized carbons (Fsp3) is 0.412. The van der Waals surface area contributed by atoms with Crippen molar-refractivity contribution < 1.29 is 14.3 Å². The van der Waals surface area contributed by atoms with E-state index in [1.165, 1.54) is 7.11 Å². The number of ether oxygens (including phenoxy) is 1. The molecule has 0 N–H and O–H groups in total. The van der Waals surface area contributed by atoms with Gasteiger partial charge in [-0.1, -0.05) is 11.6 Å². The van der Waals surface area contributed by atoms with Gasteiger partial charge in [-0.15, -0.1) is 0 Å². The van der Waals surface area contributed by atoms with Gasteiger partial charge in [0.05, 0.1) is 7.11 Å². The van der Waals surface area contributed by atoms with E-state index in [9.17, 15) is 9.59 Å². The Bertz CT molecular complexity index is 693. The summed E-state index contributed by atoms with van der Waals surface area (Å²) in [6.45, 7) is 0. The number of methoxy groups -OCH3 is 1. The summed E-state index contributed by atoms with van der Waals surface area (Å²) in [6, 6.07) is 3.28. The number of hydrogen-bond acceptors (Lipinski definition) is 3. The van der Waals surface area contributed by atoms with Crippen molar-refractivity contribution in [1.82, 2.24) is 0 Å². The summed E-state index contributed by atoms with van der Waals surface area (Å²) < 4.78 is 5.35. The summed E-state index contributed by atoms with van der Waals surface area (Å²) in [5.41, 5.74) is 1.05. The van der Waals surface area contributed by atoms with Gasteiger partial charge in [-0.05, 0) is 48.9 Å². The first kappa shape index (κ1) is 15.4. The predicted molar refractivity (Wildman–Crippen MR) is 84.3 cm³/mol. The summed E-state index contributed by atoms with van der Waals surface area (Å²) in [5, 5.41) is 2.60. The lowest BCUT2D eigenvalue weighted by molar-refractivity contribution is -0.136. The molecule has 5 heteroatoms. The fourth-order valence-electron chi connectivity index (χ4n) is 3.56. The molecule has 0 spiro atoms. The highest BCUT2D eigenvalue weighted by Gasteiger charge is 2.48. The first-order chi connectivity index (χ1) is 10.6. The molecule has 22 heavy (non-hydrogen) atoms. The third kappa shape index (κ3) is 2.41. The monoisotopic (exact) mass is 336 g/mol. The zero-order chi connectivity index (χ0) is 15.9. The second-order valence-corrected chi connectivity index (χ2v) is 6.33. The van der Waals surface area contributed by atoms with Crippen LogP contribution >= 0.6 is 23.2 Å². The normalized spacial score (nSPS) is 26.6. The first-order valence-corrected chi connectivity index (χ1v) is 7.89. The van der Waals surface area contributed by atoms with Gasteiger partial charge in [0, 0.05) is 33.4 Å². The average Bonchev–Trinajstić information content (AvgIpc) is 2.94. The van der Waals surface area contributed by atoms with Crippen molar-refractivity contribution >= 4 is 34.8 Å². The maximum Gasteiger partial charge on any atom is 0.151 e. The highest BCUT2D eigenvalue weighted by Crippen LogP contribution is 2.47. The van der Waals surface area contributed by atoms with Crippen molar-refractivity contribution in [3.8, 4) is 17.0 Å². The minimum absolute atomic E-state index is 0.0317. The lowest BCUT2D eigenvalue weighted by Gasteiger charge is -2.27. The van der Waals surface area contributed by atoms with Gasteiger partial charge in [-0.2, -0.15) is 0 Å². The Labute approximate surface area is 138 Å².